The molecule has 1 heterocycles. The minimum Gasteiger partial charge on any atom is -0.408 e. The highest BCUT2D eigenvalue weighted by Crippen LogP contribution is 2.42. The van der Waals surface area contributed by atoms with Crippen LogP contribution in [-0.2, 0) is 10.8 Å². The van der Waals surface area contributed by atoms with E-state index in [2.05, 4.69) is 44.9 Å². The van der Waals surface area contributed by atoms with Gasteiger partial charge in [-0.3, -0.25) is 4.98 Å². The van der Waals surface area contributed by atoms with Gasteiger partial charge in [-0.25, -0.2) is 0 Å². The van der Waals surface area contributed by atoms with Crippen molar-refractivity contribution < 1.29 is 9.53 Å². The first kappa shape index (κ1) is 16.7. The number of aryl methyl sites for hydroxylation is 1. The molecular formula is C17H29NO2Si. The van der Waals surface area contributed by atoms with E-state index in [1.807, 2.05) is 12.3 Å². The molecule has 21 heavy (non-hydrogen) atoms. The highest BCUT2D eigenvalue weighted by molar-refractivity contribution is 6.74. The van der Waals surface area contributed by atoms with Crippen LogP contribution in [0.2, 0.25) is 18.1 Å². The largest absolute Gasteiger partial charge is 0.408 e. The van der Waals surface area contributed by atoms with Gasteiger partial charge in [-0.05, 0) is 54.9 Å². The Hall–Kier alpha value is -0.713. The van der Waals surface area contributed by atoms with Gasteiger partial charge in [-0.15, -0.1) is 0 Å². The van der Waals surface area contributed by atoms with Crippen molar-refractivity contribution in [2.75, 3.05) is 6.61 Å². The van der Waals surface area contributed by atoms with E-state index < -0.39 is 8.32 Å². The monoisotopic (exact) mass is 307 g/mol. The molecule has 2 unspecified atom stereocenters. The van der Waals surface area contributed by atoms with Gasteiger partial charge in [0, 0.05) is 12.8 Å². The lowest BCUT2D eigenvalue weighted by molar-refractivity contribution is 0.122. The Kier molecular flexibility index (Phi) is 4.91. The van der Waals surface area contributed by atoms with Crippen molar-refractivity contribution in [3.63, 3.8) is 0 Å². The van der Waals surface area contributed by atoms with E-state index in [4.69, 9.17) is 4.43 Å². The third-order valence-corrected chi connectivity index (χ3v) is 9.59. The van der Waals surface area contributed by atoms with Gasteiger partial charge in [0.1, 0.15) is 0 Å². The molecule has 0 aromatic carbocycles. The van der Waals surface area contributed by atoms with Crippen molar-refractivity contribution in [2.24, 2.45) is 5.92 Å². The zero-order valence-corrected chi connectivity index (χ0v) is 15.0. The number of pyridine rings is 1. The maximum atomic E-state index is 9.61. The number of hydrogen-bond acceptors (Lipinski definition) is 3. The number of aliphatic hydroxyl groups is 1. The Bertz CT molecular complexity index is 482. The maximum Gasteiger partial charge on any atom is 0.192 e. The summed E-state index contributed by atoms with van der Waals surface area (Å²) in [5.74, 6) is 0.314. The lowest BCUT2D eigenvalue weighted by Gasteiger charge is -2.39. The Morgan fingerprint density at radius 1 is 1.38 bits per heavy atom. The second-order valence-electron chi connectivity index (χ2n) is 7.74. The van der Waals surface area contributed by atoms with Crippen LogP contribution in [0.1, 0.15) is 51.0 Å². The number of aromatic nitrogens is 1. The fourth-order valence-corrected chi connectivity index (χ4v) is 3.92. The summed E-state index contributed by atoms with van der Waals surface area (Å²) in [6, 6.07) is 4.16. The molecule has 2 atom stereocenters. The molecule has 0 amide bonds. The summed E-state index contributed by atoms with van der Waals surface area (Å²) in [4.78, 5) is 4.61. The van der Waals surface area contributed by atoms with E-state index in [1.54, 1.807) is 0 Å². The first-order chi connectivity index (χ1) is 9.74. The normalized spacial score (nSPS) is 23.5. The summed E-state index contributed by atoms with van der Waals surface area (Å²) in [5, 5.41) is 9.79. The summed E-state index contributed by atoms with van der Waals surface area (Å²) < 4.78 is 6.65. The van der Waals surface area contributed by atoms with Gasteiger partial charge in [0.05, 0.1) is 11.8 Å². The predicted octanol–water partition coefficient (Wildman–Crippen LogP) is 4.09. The third kappa shape index (κ3) is 3.73. The molecule has 1 aliphatic rings. The van der Waals surface area contributed by atoms with Gasteiger partial charge in [0.25, 0.3) is 0 Å². The molecule has 0 saturated carbocycles. The predicted molar refractivity (Wildman–Crippen MR) is 88.8 cm³/mol. The van der Waals surface area contributed by atoms with Crippen LogP contribution in [0.15, 0.2) is 18.3 Å². The first-order valence-corrected chi connectivity index (χ1v) is 10.9. The molecule has 1 aromatic heterocycles. The molecule has 0 fully saturated rings. The number of hydrogen-bond donors (Lipinski definition) is 1. The molecule has 3 nitrogen and oxygen atoms in total. The molecule has 0 spiro atoms. The molecule has 1 aromatic rings. The highest BCUT2D eigenvalue weighted by atomic mass is 28.4. The van der Waals surface area contributed by atoms with Gasteiger partial charge in [0.15, 0.2) is 8.32 Å². The average Bonchev–Trinajstić information content (AvgIpc) is 2.57. The fourth-order valence-electron chi connectivity index (χ4n) is 2.65. The van der Waals surface area contributed by atoms with Crippen molar-refractivity contribution in [2.45, 2.75) is 64.3 Å². The highest BCUT2D eigenvalue weighted by Gasteiger charge is 2.41. The first-order valence-electron chi connectivity index (χ1n) is 7.97. The van der Waals surface area contributed by atoms with Crippen LogP contribution in [-0.4, -0.2) is 25.0 Å². The average molecular weight is 308 g/mol. The lowest BCUT2D eigenvalue weighted by atomic mass is 10.00. The minimum absolute atomic E-state index is 0.0294. The second-order valence-corrected chi connectivity index (χ2v) is 12.5. The number of fused-ring (bicyclic) bond motifs is 1. The Morgan fingerprint density at radius 3 is 2.71 bits per heavy atom. The van der Waals surface area contributed by atoms with Crippen LogP contribution in [0.5, 0.6) is 0 Å². The Labute approximate surface area is 129 Å². The quantitative estimate of drug-likeness (QED) is 0.675. The second kappa shape index (κ2) is 6.19. The van der Waals surface area contributed by atoms with Gasteiger partial charge < -0.3 is 9.53 Å². The maximum absolute atomic E-state index is 9.61. The molecule has 118 valence electrons. The third-order valence-electron chi connectivity index (χ3n) is 5.10. The van der Waals surface area contributed by atoms with E-state index >= 15 is 0 Å². The van der Waals surface area contributed by atoms with Crippen molar-refractivity contribution in [3.8, 4) is 0 Å². The standard InChI is InChI=1S/C17H29NO2Si/c1-17(2,3)21(4,5)20-15-11-13(12-19)8-9-14-7-6-10-18-16(14)15/h6-7,10,13,15,19H,8-9,11-12H2,1-5H3. The van der Waals surface area contributed by atoms with Crippen molar-refractivity contribution in [1.29, 1.82) is 0 Å². The van der Waals surface area contributed by atoms with Crippen LogP contribution in [0.3, 0.4) is 0 Å². The molecule has 0 bridgehead atoms. The zero-order valence-electron chi connectivity index (χ0n) is 14.0. The fraction of sp³-hybridized carbons (Fsp3) is 0.706. The van der Waals surface area contributed by atoms with Crippen LogP contribution in [0.4, 0.5) is 0 Å². The minimum atomic E-state index is -1.85. The molecule has 1 N–H and O–H groups in total. The van der Waals surface area contributed by atoms with Crippen LogP contribution >= 0.6 is 0 Å². The smallest absolute Gasteiger partial charge is 0.192 e. The van der Waals surface area contributed by atoms with E-state index in [9.17, 15) is 5.11 Å². The van der Waals surface area contributed by atoms with Crippen LogP contribution < -0.4 is 0 Å². The topological polar surface area (TPSA) is 42.4 Å². The van der Waals surface area contributed by atoms with Crippen molar-refractivity contribution in [3.05, 3.63) is 29.6 Å². The van der Waals surface area contributed by atoms with E-state index in [0.717, 1.165) is 25.0 Å². The molecule has 2 rings (SSSR count). The molecule has 4 heteroatoms. The van der Waals surface area contributed by atoms with E-state index in [-0.39, 0.29) is 17.7 Å². The molecule has 0 radical (unpaired) electrons. The van der Waals surface area contributed by atoms with Gasteiger partial charge in [-0.1, -0.05) is 26.8 Å². The van der Waals surface area contributed by atoms with Gasteiger partial charge in [-0.2, -0.15) is 0 Å². The van der Waals surface area contributed by atoms with E-state index in [1.165, 1.54) is 5.56 Å². The zero-order chi connectivity index (χ0) is 15.7. The summed E-state index contributed by atoms with van der Waals surface area (Å²) in [6.45, 7) is 11.6. The van der Waals surface area contributed by atoms with Crippen molar-refractivity contribution in [1.82, 2.24) is 4.98 Å². The number of aliphatic hydroxyl groups excluding tert-OH is 1. The Morgan fingerprint density at radius 2 is 2.10 bits per heavy atom. The summed E-state index contributed by atoms with van der Waals surface area (Å²) >= 11 is 0. The summed E-state index contributed by atoms with van der Waals surface area (Å²) in [5.41, 5.74) is 2.38. The summed E-state index contributed by atoms with van der Waals surface area (Å²) in [7, 11) is -1.85. The molecule has 0 aliphatic heterocycles. The number of nitrogens with zero attached hydrogens (tertiary/aromatic N) is 1. The van der Waals surface area contributed by atoms with Gasteiger partial charge in [0.2, 0.25) is 0 Å². The SMILES string of the molecule is CC(C)(C)[Si](C)(C)OC1CC(CO)CCc2cccnc21. The van der Waals surface area contributed by atoms with Crippen LogP contribution in [0, 0.1) is 5.92 Å². The lowest BCUT2D eigenvalue weighted by Crippen LogP contribution is -2.42. The molecule has 1 aliphatic carbocycles. The van der Waals surface area contributed by atoms with E-state index in [0.29, 0.717) is 5.92 Å². The molecular weight excluding hydrogens is 278 g/mol. The Balaban J connectivity index is 2.31. The van der Waals surface area contributed by atoms with Crippen molar-refractivity contribution >= 4 is 8.32 Å². The summed E-state index contributed by atoms with van der Waals surface area (Å²) in [6.07, 6.45) is 4.78. The molecule has 0 saturated heterocycles. The van der Waals surface area contributed by atoms with Crippen LogP contribution in [0.25, 0.3) is 0 Å². The number of rotatable bonds is 3. The van der Waals surface area contributed by atoms with Gasteiger partial charge >= 0.3 is 0 Å².